The summed E-state index contributed by atoms with van der Waals surface area (Å²) in [6, 6.07) is 0. The van der Waals surface area contributed by atoms with Gasteiger partial charge in [0.15, 0.2) is 0 Å². The van der Waals surface area contributed by atoms with Gasteiger partial charge in [-0.05, 0) is 39.3 Å². The summed E-state index contributed by atoms with van der Waals surface area (Å²) in [5, 5.41) is 3.35. The Kier molecular flexibility index (Phi) is 8.14. The molecule has 0 amide bonds. The maximum atomic E-state index is 3.84. The van der Waals surface area contributed by atoms with Crippen LogP contribution in [0.5, 0.6) is 0 Å². The molecule has 0 bridgehead atoms. The number of allylic oxidation sites excluding steroid dienone is 2. The molecule has 1 nitrogen and oxygen atoms in total. The summed E-state index contributed by atoms with van der Waals surface area (Å²) in [7, 11) is 0. The lowest BCUT2D eigenvalue weighted by atomic mass is 10.2. The first-order valence-electron chi connectivity index (χ1n) is 4.77. The van der Waals surface area contributed by atoms with Gasteiger partial charge in [0, 0.05) is 0 Å². The van der Waals surface area contributed by atoms with Gasteiger partial charge in [0.05, 0.1) is 0 Å². The summed E-state index contributed by atoms with van der Waals surface area (Å²) in [5.74, 6) is 0. The molecule has 70 valence electrons. The largest absolute Gasteiger partial charge is 0.316 e. The third-order valence-corrected chi connectivity index (χ3v) is 1.55. The Balaban J connectivity index is 3.08. The molecule has 0 aliphatic carbocycles. The molecular weight excluding hydrogens is 146 g/mol. The van der Waals surface area contributed by atoms with Crippen LogP contribution in [0.1, 0.15) is 33.1 Å². The summed E-state index contributed by atoms with van der Waals surface area (Å²) in [6.45, 7) is 10.3. The normalized spacial score (nSPS) is 10.8. The van der Waals surface area contributed by atoms with Gasteiger partial charge in [-0.3, -0.25) is 0 Å². The van der Waals surface area contributed by atoms with Crippen LogP contribution in [0.25, 0.3) is 0 Å². The molecule has 1 N–H and O–H groups in total. The maximum absolute atomic E-state index is 3.84. The van der Waals surface area contributed by atoms with E-state index in [2.05, 4.69) is 37.9 Å². The van der Waals surface area contributed by atoms with Crippen molar-refractivity contribution in [2.75, 3.05) is 13.1 Å². The predicted octanol–water partition coefficient (Wildman–Crippen LogP) is 2.90. The zero-order valence-electron chi connectivity index (χ0n) is 8.40. The summed E-state index contributed by atoms with van der Waals surface area (Å²) < 4.78 is 0. The van der Waals surface area contributed by atoms with Crippen LogP contribution in [0.4, 0.5) is 0 Å². The van der Waals surface area contributed by atoms with E-state index in [1.54, 1.807) is 0 Å². The van der Waals surface area contributed by atoms with Crippen LogP contribution in [0.2, 0.25) is 0 Å². The molecular formula is C11H21N. The summed E-state index contributed by atoms with van der Waals surface area (Å²) in [6.07, 6.45) is 7.78. The van der Waals surface area contributed by atoms with E-state index >= 15 is 0 Å². The maximum Gasteiger partial charge on any atom is -0.00143 e. The van der Waals surface area contributed by atoms with Crippen molar-refractivity contribution < 1.29 is 0 Å². The fourth-order valence-electron chi connectivity index (χ4n) is 0.890. The van der Waals surface area contributed by atoms with Gasteiger partial charge in [-0.1, -0.05) is 31.2 Å². The Morgan fingerprint density at radius 2 is 2.08 bits per heavy atom. The molecule has 0 unspecified atom stereocenters. The van der Waals surface area contributed by atoms with E-state index in [0.29, 0.717) is 0 Å². The second-order valence-corrected chi connectivity index (χ2v) is 3.17. The molecule has 0 aromatic rings. The molecule has 0 heterocycles. The van der Waals surface area contributed by atoms with E-state index in [4.69, 9.17) is 0 Å². The SMILES string of the molecule is C=C(C)CC=CCCNCCC. The van der Waals surface area contributed by atoms with E-state index < -0.39 is 0 Å². The van der Waals surface area contributed by atoms with Crippen molar-refractivity contribution in [1.29, 1.82) is 0 Å². The molecule has 0 spiro atoms. The Morgan fingerprint density at radius 1 is 1.33 bits per heavy atom. The third kappa shape index (κ3) is 9.44. The first kappa shape index (κ1) is 11.4. The van der Waals surface area contributed by atoms with Crippen LogP contribution >= 0.6 is 0 Å². The second kappa shape index (κ2) is 8.54. The van der Waals surface area contributed by atoms with E-state index in [1.807, 2.05) is 0 Å². The molecule has 0 atom stereocenters. The van der Waals surface area contributed by atoms with Gasteiger partial charge in [-0.15, -0.1) is 0 Å². The molecule has 0 aromatic heterocycles. The molecule has 0 saturated carbocycles. The number of nitrogens with one attached hydrogen (secondary N) is 1. The van der Waals surface area contributed by atoms with Crippen molar-refractivity contribution in [2.45, 2.75) is 33.1 Å². The lowest BCUT2D eigenvalue weighted by molar-refractivity contribution is 0.678. The van der Waals surface area contributed by atoms with E-state index in [1.165, 1.54) is 12.0 Å². The highest BCUT2D eigenvalue weighted by Gasteiger charge is 1.82. The van der Waals surface area contributed by atoms with Crippen LogP contribution in [0, 0.1) is 0 Å². The van der Waals surface area contributed by atoms with Gasteiger partial charge in [-0.2, -0.15) is 0 Å². The Hall–Kier alpha value is -0.560. The van der Waals surface area contributed by atoms with Crippen molar-refractivity contribution in [1.82, 2.24) is 5.32 Å². The molecule has 0 saturated heterocycles. The van der Waals surface area contributed by atoms with Crippen LogP contribution < -0.4 is 5.32 Å². The molecule has 0 aliphatic rings. The smallest absolute Gasteiger partial charge is 0.00143 e. The minimum Gasteiger partial charge on any atom is -0.316 e. The van der Waals surface area contributed by atoms with Crippen LogP contribution in [0.3, 0.4) is 0 Å². The Labute approximate surface area is 76.6 Å². The lowest BCUT2D eigenvalue weighted by Gasteiger charge is -1.97. The summed E-state index contributed by atoms with van der Waals surface area (Å²) >= 11 is 0. The van der Waals surface area contributed by atoms with Gasteiger partial charge >= 0.3 is 0 Å². The molecule has 0 fully saturated rings. The highest BCUT2D eigenvalue weighted by molar-refractivity contribution is 4.98. The first-order chi connectivity index (χ1) is 5.77. The fourth-order valence-corrected chi connectivity index (χ4v) is 0.890. The van der Waals surface area contributed by atoms with Gasteiger partial charge in [-0.25, -0.2) is 0 Å². The molecule has 0 aromatic carbocycles. The number of hydrogen-bond donors (Lipinski definition) is 1. The van der Waals surface area contributed by atoms with Crippen molar-refractivity contribution in [2.24, 2.45) is 0 Å². The van der Waals surface area contributed by atoms with E-state index in [0.717, 1.165) is 25.9 Å². The van der Waals surface area contributed by atoms with Gasteiger partial charge < -0.3 is 5.32 Å². The number of rotatable bonds is 7. The lowest BCUT2D eigenvalue weighted by Crippen LogP contribution is -2.14. The van der Waals surface area contributed by atoms with Crippen LogP contribution in [-0.2, 0) is 0 Å². The molecule has 0 radical (unpaired) electrons. The minimum absolute atomic E-state index is 1.02. The van der Waals surface area contributed by atoms with E-state index in [-0.39, 0.29) is 0 Å². The molecule has 1 heteroatoms. The average molecular weight is 167 g/mol. The van der Waals surface area contributed by atoms with Crippen molar-refractivity contribution in [3.63, 3.8) is 0 Å². The van der Waals surface area contributed by atoms with Gasteiger partial charge in [0.2, 0.25) is 0 Å². The minimum atomic E-state index is 1.02. The quantitative estimate of drug-likeness (QED) is 0.454. The number of hydrogen-bond acceptors (Lipinski definition) is 1. The van der Waals surface area contributed by atoms with Crippen LogP contribution in [-0.4, -0.2) is 13.1 Å². The van der Waals surface area contributed by atoms with Crippen molar-refractivity contribution >= 4 is 0 Å². The predicted molar refractivity (Wildman–Crippen MR) is 56.3 cm³/mol. The van der Waals surface area contributed by atoms with E-state index in [9.17, 15) is 0 Å². The van der Waals surface area contributed by atoms with Crippen LogP contribution in [0.15, 0.2) is 24.3 Å². The summed E-state index contributed by atoms with van der Waals surface area (Å²) in [5.41, 5.74) is 1.23. The zero-order valence-corrected chi connectivity index (χ0v) is 8.40. The zero-order chi connectivity index (χ0) is 9.23. The topological polar surface area (TPSA) is 12.0 Å². The second-order valence-electron chi connectivity index (χ2n) is 3.17. The van der Waals surface area contributed by atoms with Crippen molar-refractivity contribution in [3.05, 3.63) is 24.3 Å². The molecule has 0 aliphatic heterocycles. The molecule has 0 rings (SSSR count). The monoisotopic (exact) mass is 167 g/mol. The molecule has 12 heavy (non-hydrogen) atoms. The standard InChI is InChI=1S/C11H21N/c1-4-9-12-10-7-5-6-8-11(2)3/h5-6,12H,2,4,7-10H2,1,3H3. The summed E-state index contributed by atoms with van der Waals surface area (Å²) in [4.78, 5) is 0. The average Bonchev–Trinajstić information content (AvgIpc) is 2.02. The Morgan fingerprint density at radius 3 is 2.67 bits per heavy atom. The Bertz CT molecular complexity index is 136. The highest BCUT2D eigenvalue weighted by Crippen LogP contribution is 1.96. The highest BCUT2D eigenvalue weighted by atomic mass is 14.8. The fraction of sp³-hybridized carbons (Fsp3) is 0.636. The van der Waals surface area contributed by atoms with Gasteiger partial charge in [0.1, 0.15) is 0 Å². The third-order valence-electron chi connectivity index (χ3n) is 1.55. The van der Waals surface area contributed by atoms with Crippen molar-refractivity contribution in [3.8, 4) is 0 Å². The van der Waals surface area contributed by atoms with Gasteiger partial charge in [0.25, 0.3) is 0 Å². The first-order valence-corrected chi connectivity index (χ1v) is 4.77.